The van der Waals surface area contributed by atoms with Gasteiger partial charge in [-0.15, -0.1) is 11.8 Å². The molecule has 1 aromatic carbocycles. The molecule has 0 unspecified atom stereocenters. The van der Waals surface area contributed by atoms with Crippen LogP contribution in [0.3, 0.4) is 0 Å². The van der Waals surface area contributed by atoms with Crippen molar-refractivity contribution in [3.05, 3.63) is 24.3 Å². The van der Waals surface area contributed by atoms with E-state index in [0.29, 0.717) is 29.7 Å². The number of nitrogens with one attached hydrogen (secondary N) is 1. The SMILES string of the molecule is CCCCOC(=O)[C@H]1CS[C@@H](CC(C)C)N1C(=O)Nc1cccc(OC)c1. The highest BCUT2D eigenvalue weighted by Gasteiger charge is 2.42. The number of unbranched alkanes of at least 4 members (excludes halogenated alkanes) is 1. The number of carbonyl (C=O) groups is 2. The zero-order chi connectivity index (χ0) is 19.8. The first-order valence-corrected chi connectivity index (χ1v) is 10.5. The van der Waals surface area contributed by atoms with Crippen LogP contribution in [0.4, 0.5) is 10.5 Å². The Morgan fingerprint density at radius 3 is 2.81 bits per heavy atom. The molecule has 0 radical (unpaired) electrons. The normalized spacial score (nSPS) is 19.2. The maximum atomic E-state index is 13.0. The molecule has 1 fully saturated rings. The first kappa shape index (κ1) is 21.4. The molecule has 1 aromatic rings. The third kappa shape index (κ3) is 6.06. The molecule has 0 aromatic heterocycles. The minimum atomic E-state index is -0.554. The lowest BCUT2D eigenvalue weighted by atomic mass is 10.1. The number of esters is 1. The Labute approximate surface area is 166 Å². The summed E-state index contributed by atoms with van der Waals surface area (Å²) >= 11 is 1.64. The second-order valence-corrected chi connectivity index (χ2v) is 8.23. The van der Waals surface area contributed by atoms with E-state index in [1.54, 1.807) is 35.9 Å². The summed E-state index contributed by atoms with van der Waals surface area (Å²) in [5.74, 6) is 1.33. The van der Waals surface area contributed by atoms with Crippen LogP contribution in [-0.4, -0.2) is 47.8 Å². The van der Waals surface area contributed by atoms with E-state index < -0.39 is 6.04 Å². The Morgan fingerprint density at radius 1 is 1.37 bits per heavy atom. The fourth-order valence-corrected chi connectivity index (χ4v) is 4.53. The zero-order valence-corrected chi connectivity index (χ0v) is 17.4. The molecule has 2 atom stereocenters. The topological polar surface area (TPSA) is 67.9 Å². The van der Waals surface area contributed by atoms with Crippen LogP contribution in [0.25, 0.3) is 0 Å². The summed E-state index contributed by atoms with van der Waals surface area (Å²) in [6, 6.07) is 6.35. The number of rotatable bonds is 8. The lowest BCUT2D eigenvalue weighted by Gasteiger charge is -2.29. The molecule has 7 heteroatoms. The molecule has 0 spiro atoms. The van der Waals surface area contributed by atoms with Gasteiger partial charge in [-0.05, 0) is 30.9 Å². The molecule has 1 N–H and O–H groups in total. The summed E-state index contributed by atoms with van der Waals surface area (Å²) in [5.41, 5.74) is 0.637. The molecular formula is C20H30N2O4S. The number of ether oxygens (including phenoxy) is 2. The van der Waals surface area contributed by atoms with Gasteiger partial charge in [0.25, 0.3) is 0 Å². The van der Waals surface area contributed by atoms with Crippen LogP contribution < -0.4 is 10.1 Å². The molecule has 1 aliphatic heterocycles. The van der Waals surface area contributed by atoms with Crippen LogP contribution in [0.5, 0.6) is 5.75 Å². The predicted octanol–water partition coefficient (Wildman–Crippen LogP) is 4.36. The fourth-order valence-electron chi connectivity index (χ4n) is 2.90. The van der Waals surface area contributed by atoms with E-state index in [1.165, 1.54) is 0 Å². The van der Waals surface area contributed by atoms with Crippen molar-refractivity contribution < 1.29 is 19.1 Å². The van der Waals surface area contributed by atoms with Crippen molar-refractivity contribution >= 4 is 29.4 Å². The van der Waals surface area contributed by atoms with Gasteiger partial charge in [0.15, 0.2) is 0 Å². The van der Waals surface area contributed by atoms with Crippen molar-refractivity contribution in [2.24, 2.45) is 5.92 Å². The summed E-state index contributed by atoms with van der Waals surface area (Å²) < 4.78 is 10.6. The standard InChI is InChI=1S/C20H30N2O4S/c1-5-6-10-26-19(23)17-13-27-18(11-14(2)3)22(17)20(24)21-15-8-7-9-16(12-15)25-4/h7-9,12,14,17-18H,5-6,10-11,13H2,1-4H3,(H,21,24)/t17-,18+/m1/s1. The van der Waals surface area contributed by atoms with Crippen molar-refractivity contribution in [3.63, 3.8) is 0 Å². The zero-order valence-electron chi connectivity index (χ0n) is 16.6. The van der Waals surface area contributed by atoms with Gasteiger partial charge in [0.05, 0.1) is 19.1 Å². The van der Waals surface area contributed by atoms with E-state index in [9.17, 15) is 9.59 Å². The number of amides is 2. The van der Waals surface area contributed by atoms with Gasteiger partial charge in [-0.3, -0.25) is 4.90 Å². The fraction of sp³-hybridized carbons (Fsp3) is 0.600. The second-order valence-electron chi connectivity index (χ2n) is 7.02. The Morgan fingerprint density at radius 2 is 2.15 bits per heavy atom. The largest absolute Gasteiger partial charge is 0.497 e. The van der Waals surface area contributed by atoms with Crippen LogP contribution in [0.15, 0.2) is 24.3 Å². The minimum Gasteiger partial charge on any atom is -0.497 e. The average molecular weight is 395 g/mol. The number of methoxy groups -OCH3 is 1. The Kier molecular flexibility index (Phi) is 8.28. The summed E-state index contributed by atoms with van der Waals surface area (Å²) in [7, 11) is 1.58. The number of benzene rings is 1. The molecular weight excluding hydrogens is 364 g/mol. The molecule has 0 saturated carbocycles. The molecule has 0 bridgehead atoms. The second kappa shape index (κ2) is 10.4. The van der Waals surface area contributed by atoms with Crippen molar-refractivity contribution in [1.82, 2.24) is 4.90 Å². The molecule has 1 heterocycles. The maximum Gasteiger partial charge on any atom is 0.329 e. The van der Waals surface area contributed by atoms with E-state index in [4.69, 9.17) is 9.47 Å². The maximum absolute atomic E-state index is 13.0. The summed E-state index contributed by atoms with van der Waals surface area (Å²) in [5, 5.41) is 2.86. The van der Waals surface area contributed by atoms with Gasteiger partial charge in [-0.1, -0.05) is 33.3 Å². The molecule has 0 aliphatic carbocycles. The lowest BCUT2D eigenvalue weighted by Crippen LogP contribution is -2.48. The van der Waals surface area contributed by atoms with Gasteiger partial charge < -0.3 is 14.8 Å². The van der Waals surface area contributed by atoms with Crippen LogP contribution in [0.1, 0.15) is 40.0 Å². The highest BCUT2D eigenvalue weighted by Crippen LogP contribution is 2.34. The molecule has 6 nitrogen and oxygen atoms in total. The Hall–Kier alpha value is -1.89. The average Bonchev–Trinajstić information content (AvgIpc) is 3.05. The molecule has 150 valence electrons. The van der Waals surface area contributed by atoms with E-state index in [1.807, 2.05) is 19.1 Å². The number of anilines is 1. The quantitative estimate of drug-likeness (QED) is 0.524. The molecule has 27 heavy (non-hydrogen) atoms. The molecule has 1 aliphatic rings. The minimum absolute atomic E-state index is 0.0423. The van der Waals surface area contributed by atoms with Gasteiger partial charge >= 0.3 is 12.0 Å². The van der Waals surface area contributed by atoms with Crippen molar-refractivity contribution in [2.75, 3.05) is 24.8 Å². The van der Waals surface area contributed by atoms with E-state index in [0.717, 1.165) is 19.3 Å². The number of nitrogens with zero attached hydrogens (tertiary/aromatic N) is 1. The summed E-state index contributed by atoms with van der Waals surface area (Å²) in [6.07, 6.45) is 2.62. The highest BCUT2D eigenvalue weighted by molar-refractivity contribution is 8.00. The third-order valence-corrected chi connectivity index (χ3v) is 5.65. The van der Waals surface area contributed by atoms with Gasteiger partial charge in [0.1, 0.15) is 11.8 Å². The van der Waals surface area contributed by atoms with Gasteiger partial charge in [0, 0.05) is 17.5 Å². The summed E-state index contributed by atoms with van der Waals surface area (Å²) in [6.45, 7) is 6.68. The third-order valence-electron chi connectivity index (χ3n) is 4.34. The van der Waals surface area contributed by atoms with E-state index in [-0.39, 0.29) is 17.4 Å². The number of hydrogen-bond acceptors (Lipinski definition) is 5. The van der Waals surface area contributed by atoms with Crippen LogP contribution in [0.2, 0.25) is 0 Å². The predicted molar refractivity (Wildman–Crippen MR) is 109 cm³/mol. The number of carbonyl (C=O) groups excluding carboxylic acids is 2. The molecule has 1 saturated heterocycles. The molecule has 2 amide bonds. The van der Waals surface area contributed by atoms with Gasteiger partial charge in [-0.2, -0.15) is 0 Å². The monoisotopic (exact) mass is 394 g/mol. The smallest absolute Gasteiger partial charge is 0.329 e. The number of thioether (sulfide) groups is 1. The first-order chi connectivity index (χ1) is 13.0. The van der Waals surface area contributed by atoms with Gasteiger partial charge in [0.2, 0.25) is 0 Å². The van der Waals surface area contributed by atoms with Crippen molar-refractivity contribution in [2.45, 2.75) is 51.4 Å². The molecule has 2 rings (SSSR count). The van der Waals surface area contributed by atoms with Crippen LogP contribution in [0, 0.1) is 5.92 Å². The van der Waals surface area contributed by atoms with Crippen LogP contribution in [-0.2, 0) is 9.53 Å². The Bertz CT molecular complexity index is 638. The first-order valence-electron chi connectivity index (χ1n) is 9.47. The Balaban J connectivity index is 2.13. The van der Waals surface area contributed by atoms with Crippen molar-refractivity contribution in [1.29, 1.82) is 0 Å². The van der Waals surface area contributed by atoms with Gasteiger partial charge in [-0.25, -0.2) is 9.59 Å². The summed E-state index contributed by atoms with van der Waals surface area (Å²) in [4.78, 5) is 27.2. The lowest BCUT2D eigenvalue weighted by molar-refractivity contribution is -0.148. The highest BCUT2D eigenvalue weighted by atomic mass is 32.2. The van der Waals surface area contributed by atoms with E-state index in [2.05, 4.69) is 19.2 Å². The van der Waals surface area contributed by atoms with Crippen molar-refractivity contribution in [3.8, 4) is 5.75 Å². The number of urea groups is 1. The number of hydrogen-bond donors (Lipinski definition) is 1. The van der Waals surface area contributed by atoms with Crippen LogP contribution >= 0.6 is 11.8 Å². The van der Waals surface area contributed by atoms with E-state index >= 15 is 0 Å².